The summed E-state index contributed by atoms with van der Waals surface area (Å²) in [5, 5.41) is 0. The van der Waals surface area contributed by atoms with Crippen LogP contribution in [0.4, 0.5) is 0 Å². The minimum absolute atomic E-state index is 0.0418. The van der Waals surface area contributed by atoms with Gasteiger partial charge in [0.05, 0.1) is 0 Å². The second-order valence-electron chi connectivity index (χ2n) is 4.61. The van der Waals surface area contributed by atoms with E-state index in [-0.39, 0.29) is 11.6 Å². The average Bonchev–Trinajstić information content (AvgIpc) is 2.49. The average molecular weight is 194 g/mol. The fraction of sp³-hybridized carbons (Fsp3) is 0.750. The van der Waals surface area contributed by atoms with Crippen LogP contribution in [0.2, 0.25) is 0 Å². The van der Waals surface area contributed by atoms with Crippen LogP contribution in [0.15, 0.2) is 12.2 Å². The Morgan fingerprint density at radius 2 is 2.21 bits per heavy atom. The molecule has 1 heterocycles. The Morgan fingerprint density at radius 1 is 1.43 bits per heavy atom. The van der Waals surface area contributed by atoms with Gasteiger partial charge in [0.2, 0.25) is 0 Å². The fourth-order valence-corrected chi connectivity index (χ4v) is 2.77. The highest BCUT2D eigenvalue weighted by atomic mass is 16.6. The van der Waals surface area contributed by atoms with Gasteiger partial charge in [0.25, 0.3) is 0 Å². The first-order valence-electron chi connectivity index (χ1n) is 5.55. The number of ether oxygens (including phenoxy) is 1. The molecule has 0 radical (unpaired) electrons. The lowest BCUT2D eigenvalue weighted by molar-refractivity contribution is -0.149. The molecule has 1 saturated heterocycles. The van der Waals surface area contributed by atoms with Gasteiger partial charge in [-0.1, -0.05) is 19.9 Å². The summed E-state index contributed by atoms with van der Waals surface area (Å²) in [7, 11) is 0. The lowest BCUT2D eigenvalue weighted by Crippen LogP contribution is -2.37. The standard InChI is InChI=1S/C12H18O2/c1-9-5-3-4-6-10(2)12(9)8-7-11(13)14-12/h10H,1,3-8H2,2H3/t10-,12+/m1/s1. The van der Waals surface area contributed by atoms with Crippen molar-refractivity contribution in [1.82, 2.24) is 0 Å². The molecule has 14 heavy (non-hydrogen) atoms. The molecule has 2 atom stereocenters. The Hall–Kier alpha value is -0.790. The van der Waals surface area contributed by atoms with Crippen molar-refractivity contribution in [2.24, 2.45) is 5.92 Å². The molecule has 0 unspecified atom stereocenters. The molecule has 1 spiro atoms. The van der Waals surface area contributed by atoms with Gasteiger partial charge in [0, 0.05) is 12.8 Å². The first-order valence-corrected chi connectivity index (χ1v) is 5.55. The molecule has 0 aromatic rings. The predicted molar refractivity (Wildman–Crippen MR) is 54.8 cm³/mol. The van der Waals surface area contributed by atoms with E-state index in [4.69, 9.17) is 4.74 Å². The monoisotopic (exact) mass is 194 g/mol. The Labute approximate surface area is 85.3 Å². The lowest BCUT2D eigenvalue weighted by atomic mass is 9.79. The van der Waals surface area contributed by atoms with Crippen LogP contribution in [0.3, 0.4) is 0 Å². The van der Waals surface area contributed by atoms with Gasteiger partial charge in [-0.15, -0.1) is 0 Å². The molecule has 0 bridgehead atoms. The smallest absolute Gasteiger partial charge is 0.306 e. The Morgan fingerprint density at radius 3 is 2.86 bits per heavy atom. The number of esters is 1. The van der Waals surface area contributed by atoms with Crippen LogP contribution in [0.1, 0.15) is 45.4 Å². The van der Waals surface area contributed by atoms with Crippen molar-refractivity contribution in [3.63, 3.8) is 0 Å². The molecule has 1 saturated carbocycles. The third-order valence-corrected chi connectivity index (χ3v) is 3.76. The summed E-state index contributed by atoms with van der Waals surface area (Å²) in [6.07, 6.45) is 6.04. The molecule has 2 aliphatic rings. The third kappa shape index (κ3) is 1.37. The van der Waals surface area contributed by atoms with Gasteiger partial charge in [0.1, 0.15) is 5.60 Å². The number of hydrogen-bond acceptors (Lipinski definition) is 2. The van der Waals surface area contributed by atoms with Gasteiger partial charge in [-0.2, -0.15) is 0 Å². The van der Waals surface area contributed by atoms with Crippen LogP contribution in [-0.4, -0.2) is 11.6 Å². The molecule has 1 aliphatic heterocycles. The molecule has 1 aliphatic carbocycles. The van der Waals surface area contributed by atoms with Crippen molar-refractivity contribution in [2.45, 2.75) is 51.0 Å². The molecular formula is C12H18O2. The zero-order valence-electron chi connectivity index (χ0n) is 8.84. The maximum atomic E-state index is 11.3. The summed E-state index contributed by atoms with van der Waals surface area (Å²) in [6, 6.07) is 0. The zero-order chi connectivity index (χ0) is 10.2. The zero-order valence-corrected chi connectivity index (χ0v) is 8.84. The fourth-order valence-electron chi connectivity index (χ4n) is 2.77. The number of hydrogen-bond donors (Lipinski definition) is 0. The molecule has 0 N–H and O–H groups in total. The highest BCUT2D eigenvalue weighted by Gasteiger charge is 2.47. The lowest BCUT2D eigenvalue weighted by Gasteiger charge is -2.34. The second-order valence-corrected chi connectivity index (χ2v) is 4.61. The van der Waals surface area contributed by atoms with Crippen molar-refractivity contribution in [1.29, 1.82) is 0 Å². The van der Waals surface area contributed by atoms with Crippen molar-refractivity contribution < 1.29 is 9.53 Å². The van der Waals surface area contributed by atoms with Gasteiger partial charge >= 0.3 is 5.97 Å². The van der Waals surface area contributed by atoms with E-state index in [1.807, 2.05) is 0 Å². The Bertz CT molecular complexity index is 269. The van der Waals surface area contributed by atoms with Crippen LogP contribution in [0.25, 0.3) is 0 Å². The summed E-state index contributed by atoms with van der Waals surface area (Å²) in [5.74, 6) is 0.406. The van der Waals surface area contributed by atoms with Crippen LogP contribution in [0, 0.1) is 5.92 Å². The van der Waals surface area contributed by atoms with Crippen LogP contribution in [0.5, 0.6) is 0 Å². The normalized spacial score (nSPS) is 38.5. The quantitative estimate of drug-likeness (QED) is 0.438. The van der Waals surface area contributed by atoms with E-state index >= 15 is 0 Å². The van der Waals surface area contributed by atoms with Crippen molar-refractivity contribution >= 4 is 5.97 Å². The summed E-state index contributed by atoms with van der Waals surface area (Å²) in [6.45, 7) is 6.31. The van der Waals surface area contributed by atoms with Crippen molar-refractivity contribution in [2.75, 3.05) is 0 Å². The van der Waals surface area contributed by atoms with E-state index in [0.717, 1.165) is 24.8 Å². The Balaban J connectivity index is 2.27. The van der Waals surface area contributed by atoms with E-state index in [1.54, 1.807) is 0 Å². The number of carbonyl (C=O) groups is 1. The Kier molecular flexibility index (Phi) is 2.38. The summed E-state index contributed by atoms with van der Waals surface area (Å²) < 4.78 is 5.56. The predicted octanol–water partition coefficient (Wildman–Crippen LogP) is 2.83. The maximum Gasteiger partial charge on any atom is 0.306 e. The third-order valence-electron chi connectivity index (χ3n) is 3.76. The van der Waals surface area contributed by atoms with Crippen LogP contribution >= 0.6 is 0 Å². The SMILES string of the molecule is C=C1CCCC[C@@H](C)[C@]12CCC(=O)O2. The minimum atomic E-state index is -0.298. The van der Waals surface area contributed by atoms with Gasteiger partial charge in [-0.05, 0) is 30.8 Å². The maximum absolute atomic E-state index is 11.3. The molecule has 2 fully saturated rings. The van der Waals surface area contributed by atoms with E-state index in [1.165, 1.54) is 12.8 Å². The molecule has 78 valence electrons. The van der Waals surface area contributed by atoms with E-state index in [0.29, 0.717) is 12.3 Å². The second kappa shape index (κ2) is 3.41. The molecular weight excluding hydrogens is 176 g/mol. The highest BCUT2D eigenvalue weighted by molar-refractivity contribution is 5.73. The van der Waals surface area contributed by atoms with E-state index in [9.17, 15) is 4.79 Å². The van der Waals surface area contributed by atoms with E-state index in [2.05, 4.69) is 13.5 Å². The van der Waals surface area contributed by atoms with Crippen LogP contribution < -0.4 is 0 Å². The molecule has 0 amide bonds. The van der Waals surface area contributed by atoms with Gasteiger partial charge in [-0.3, -0.25) is 4.79 Å². The molecule has 2 heteroatoms. The van der Waals surface area contributed by atoms with Crippen molar-refractivity contribution in [3.05, 3.63) is 12.2 Å². The summed E-state index contributed by atoms with van der Waals surface area (Å²) in [5.41, 5.74) is 0.849. The first kappa shape index (κ1) is 9.75. The molecule has 0 aromatic carbocycles. The molecule has 2 rings (SSSR count). The minimum Gasteiger partial charge on any atom is -0.454 e. The van der Waals surface area contributed by atoms with Gasteiger partial charge in [0.15, 0.2) is 0 Å². The largest absolute Gasteiger partial charge is 0.454 e. The van der Waals surface area contributed by atoms with E-state index < -0.39 is 0 Å². The topological polar surface area (TPSA) is 26.3 Å². The highest BCUT2D eigenvalue weighted by Crippen LogP contribution is 2.45. The van der Waals surface area contributed by atoms with Gasteiger partial charge < -0.3 is 4.74 Å². The molecule has 2 nitrogen and oxygen atoms in total. The summed E-state index contributed by atoms with van der Waals surface area (Å²) >= 11 is 0. The van der Waals surface area contributed by atoms with Crippen molar-refractivity contribution in [3.8, 4) is 0 Å². The number of rotatable bonds is 0. The van der Waals surface area contributed by atoms with Gasteiger partial charge in [-0.25, -0.2) is 0 Å². The molecule has 0 aromatic heterocycles. The first-order chi connectivity index (χ1) is 6.65. The van der Waals surface area contributed by atoms with Crippen LogP contribution in [-0.2, 0) is 9.53 Å². The number of carbonyl (C=O) groups excluding carboxylic acids is 1. The summed E-state index contributed by atoms with van der Waals surface area (Å²) in [4.78, 5) is 11.3.